The molecule has 1 aromatic carbocycles. The van der Waals surface area contributed by atoms with Gasteiger partial charge in [0.2, 0.25) is 5.91 Å². The number of hydrogen-bond donors (Lipinski definition) is 0. The van der Waals surface area contributed by atoms with E-state index in [2.05, 4.69) is 11.2 Å². The minimum absolute atomic E-state index is 0.0745. The Morgan fingerprint density at radius 1 is 1.20 bits per heavy atom. The number of benzene rings is 1. The van der Waals surface area contributed by atoms with Crippen molar-refractivity contribution in [3.8, 4) is 6.07 Å². The summed E-state index contributed by atoms with van der Waals surface area (Å²) in [5, 5.41) is 14.6. The highest BCUT2D eigenvalue weighted by Gasteiger charge is 2.50. The van der Waals surface area contributed by atoms with Crippen molar-refractivity contribution in [3.63, 3.8) is 0 Å². The first-order chi connectivity index (χ1) is 12.1. The third-order valence-electron chi connectivity index (χ3n) is 6.00. The highest BCUT2D eigenvalue weighted by molar-refractivity contribution is 5.82. The molecule has 3 aliphatic carbocycles. The topological polar surface area (TPSA) is 56.5 Å². The molecule has 25 heavy (non-hydrogen) atoms. The van der Waals surface area contributed by atoms with Crippen molar-refractivity contribution in [2.24, 2.45) is 28.8 Å². The van der Waals surface area contributed by atoms with Gasteiger partial charge in [-0.15, -0.1) is 0 Å². The summed E-state index contributed by atoms with van der Waals surface area (Å²) in [6.07, 6.45) is 5.29. The summed E-state index contributed by atoms with van der Waals surface area (Å²) in [6, 6.07) is 5.13. The number of amides is 1. The highest BCUT2D eigenvalue weighted by Crippen LogP contribution is 2.54. The van der Waals surface area contributed by atoms with Crippen LogP contribution in [0.25, 0.3) is 0 Å². The molecule has 5 rings (SSSR count). The van der Waals surface area contributed by atoms with Gasteiger partial charge in [0, 0.05) is 31.0 Å². The van der Waals surface area contributed by atoms with E-state index in [9.17, 15) is 13.6 Å². The minimum Gasteiger partial charge on any atom is -0.273 e. The maximum absolute atomic E-state index is 13.6. The smallest absolute Gasteiger partial charge is 0.246 e. The van der Waals surface area contributed by atoms with E-state index in [4.69, 9.17) is 5.26 Å². The number of fused-ring (bicyclic) bond motifs is 2. The summed E-state index contributed by atoms with van der Waals surface area (Å²) in [4.78, 5) is 13.1. The third-order valence-corrected chi connectivity index (χ3v) is 6.00. The molecule has 0 N–H and O–H groups in total. The molecule has 0 radical (unpaired) electrons. The van der Waals surface area contributed by atoms with Crippen LogP contribution in [-0.4, -0.2) is 17.1 Å². The van der Waals surface area contributed by atoms with E-state index >= 15 is 0 Å². The Bertz CT molecular complexity index is 746. The van der Waals surface area contributed by atoms with Gasteiger partial charge in [-0.2, -0.15) is 10.4 Å². The summed E-state index contributed by atoms with van der Waals surface area (Å²) in [7, 11) is 0. The van der Waals surface area contributed by atoms with Crippen molar-refractivity contribution in [1.29, 1.82) is 5.26 Å². The Labute approximate surface area is 145 Å². The Morgan fingerprint density at radius 2 is 1.92 bits per heavy atom. The van der Waals surface area contributed by atoms with Gasteiger partial charge in [0.25, 0.3) is 0 Å². The first-order valence-corrected chi connectivity index (χ1v) is 8.75. The van der Waals surface area contributed by atoms with E-state index in [0.29, 0.717) is 30.2 Å². The molecule has 0 saturated heterocycles. The second-order valence-electron chi connectivity index (χ2n) is 7.39. The van der Waals surface area contributed by atoms with E-state index in [0.717, 1.165) is 25.3 Å². The lowest BCUT2D eigenvalue weighted by atomic mass is 9.54. The lowest BCUT2D eigenvalue weighted by molar-refractivity contribution is -0.147. The van der Waals surface area contributed by atoms with Gasteiger partial charge in [-0.05, 0) is 54.7 Å². The third kappa shape index (κ3) is 2.82. The number of hydrogen-bond acceptors (Lipinski definition) is 3. The largest absolute Gasteiger partial charge is 0.273 e. The van der Waals surface area contributed by atoms with Crippen LogP contribution in [0, 0.1) is 46.6 Å². The second-order valence-corrected chi connectivity index (χ2v) is 7.39. The number of carbonyl (C=O) groups is 1. The molecule has 6 heteroatoms. The SMILES string of the molecule is N#CCC1C[C@H](C(=O)N2N=CCC2c2cc(F)cc(F)c2)C2CC1C2. The molecule has 3 atom stereocenters. The van der Waals surface area contributed by atoms with Crippen LogP contribution in [0.3, 0.4) is 0 Å². The zero-order chi connectivity index (χ0) is 17.6. The van der Waals surface area contributed by atoms with Crippen LogP contribution in [0.5, 0.6) is 0 Å². The van der Waals surface area contributed by atoms with Crippen LogP contribution in [0.4, 0.5) is 8.78 Å². The van der Waals surface area contributed by atoms with Gasteiger partial charge in [-0.1, -0.05) is 0 Å². The number of nitriles is 1. The summed E-state index contributed by atoms with van der Waals surface area (Å²) >= 11 is 0. The molecule has 2 bridgehead atoms. The second kappa shape index (κ2) is 6.21. The summed E-state index contributed by atoms with van der Waals surface area (Å²) in [5.74, 6) is -0.308. The molecule has 4 aliphatic rings. The maximum atomic E-state index is 13.6. The molecule has 1 aliphatic heterocycles. The Balaban J connectivity index is 1.55. The fourth-order valence-corrected chi connectivity index (χ4v) is 4.64. The molecule has 4 nitrogen and oxygen atoms in total. The van der Waals surface area contributed by atoms with Crippen LogP contribution in [0.15, 0.2) is 23.3 Å². The van der Waals surface area contributed by atoms with Crippen LogP contribution >= 0.6 is 0 Å². The van der Waals surface area contributed by atoms with Gasteiger partial charge in [0.1, 0.15) is 11.6 Å². The van der Waals surface area contributed by atoms with Crippen LogP contribution < -0.4 is 0 Å². The maximum Gasteiger partial charge on any atom is 0.246 e. The molecule has 0 spiro atoms. The zero-order valence-corrected chi connectivity index (χ0v) is 13.7. The zero-order valence-electron chi connectivity index (χ0n) is 13.7. The molecule has 1 amide bonds. The van der Waals surface area contributed by atoms with Crippen LogP contribution in [0.1, 0.15) is 43.7 Å². The Hall–Kier alpha value is -2.29. The summed E-state index contributed by atoms with van der Waals surface area (Å²) < 4.78 is 27.1. The van der Waals surface area contributed by atoms with Crippen molar-refractivity contribution < 1.29 is 13.6 Å². The molecule has 1 heterocycles. The van der Waals surface area contributed by atoms with Crippen molar-refractivity contribution in [2.45, 2.75) is 38.1 Å². The summed E-state index contributed by atoms with van der Waals surface area (Å²) in [5.41, 5.74) is 0.430. The number of hydrazone groups is 1. The Kier molecular flexibility index (Phi) is 4.03. The monoisotopic (exact) mass is 343 g/mol. The molecular weight excluding hydrogens is 324 g/mol. The lowest BCUT2D eigenvalue weighted by Crippen LogP contribution is -2.48. The van der Waals surface area contributed by atoms with Crippen molar-refractivity contribution in [3.05, 3.63) is 35.4 Å². The van der Waals surface area contributed by atoms with E-state index in [1.54, 1.807) is 6.21 Å². The molecule has 130 valence electrons. The molecule has 3 saturated carbocycles. The molecule has 0 aromatic heterocycles. The number of nitrogens with zero attached hydrogens (tertiary/aromatic N) is 3. The first-order valence-electron chi connectivity index (χ1n) is 8.75. The quantitative estimate of drug-likeness (QED) is 0.838. The normalized spacial score (nSPS) is 33.0. The average Bonchev–Trinajstić information content (AvgIpc) is 3.02. The van der Waals surface area contributed by atoms with Gasteiger partial charge in [0.15, 0.2) is 0 Å². The van der Waals surface area contributed by atoms with Gasteiger partial charge in [0.05, 0.1) is 12.1 Å². The molecule has 3 fully saturated rings. The van der Waals surface area contributed by atoms with Crippen molar-refractivity contribution >= 4 is 12.1 Å². The predicted molar refractivity (Wildman–Crippen MR) is 87.1 cm³/mol. The average molecular weight is 343 g/mol. The standard InChI is InChI=1S/C19H19F2N3O/c20-15-7-14(8-16(21)10-15)18-2-4-23-24(18)19(25)17-9-11(1-3-22)12-5-13(17)6-12/h4,7-8,10-13,17-18H,1-2,5-6,9H2/t11?,12?,13?,17-,18?/m0/s1. The van der Waals surface area contributed by atoms with E-state index in [1.807, 2.05) is 0 Å². The number of halogens is 2. The van der Waals surface area contributed by atoms with Gasteiger partial charge >= 0.3 is 0 Å². The van der Waals surface area contributed by atoms with E-state index in [1.165, 1.54) is 17.1 Å². The van der Waals surface area contributed by atoms with Crippen LogP contribution in [0.2, 0.25) is 0 Å². The first kappa shape index (κ1) is 16.2. The summed E-state index contributed by atoms with van der Waals surface area (Å²) in [6.45, 7) is 0. The van der Waals surface area contributed by atoms with Crippen LogP contribution in [-0.2, 0) is 4.79 Å². The Morgan fingerprint density at radius 3 is 2.60 bits per heavy atom. The van der Waals surface area contributed by atoms with Crippen molar-refractivity contribution in [2.75, 3.05) is 0 Å². The number of rotatable bonds is 3. The highest BCUT2D eigenvalue weighted by atomic mass is 19.1. The molecule has 2 unspecified atom stereocenters. The fourth-order valence-electron chi connectivity index (χ4n) is 4.64. The molecule has 1 aromatic rings. The number of carbonyl (C=O) groups excluding carboxylic acids is 1. The van der Waals surface area contributed by atoms with E-state index < -0.39 is 17.7 Å². The van der Waals surface area contributed by atoms with Gasteiger partial charge in [-0.3, -0.25) is 4.79 Å². The minimum atomic E-state index is -0.650. The van der Waals surface area contributed by atoms with E-state index in [-0.39, 0.29) is 17.7 Å². The fraction of sp³-hybridized carbons (Fsp3) is 0.526. The van der Waals surface area contributed by atoms with Crippen molar-refractivity contribution in [1.82, 2.24) is 5.01 Å². The predicted octanol–water partition coefficient (Wildman–Crippen LogP) is 3.80. The van der Waals surface area contributed by atoms with Gasteiger partial charge < -0.3 is 0 Å². The molecular formula is C19H19F2N3O. The lowest BCUT2D eigenvalue weighted by Gasteiger charge is -2.50. The van der Waals surface area contributed by atoms with Gasteiger partial charge in [-0.25, -0.2) is 13.8 Å².